The second kappa shape index (κ2) is 16.2. The summed E-state index contributed by atoms with van der Waals surface area (Å²) in [6.45, 7) is 2.31. The Kier molecular flexibility index (Phi) is 12.9. The van der Waals surface area contributed by atoms with Gasteiger partial charge in [0.1, 0.15) is 0 Å². The van der Waals surface area contributed by atoms with Crippen LogP contribution in [-0.2, 0) is 6.42 Å². The van der Waals surface area contributed by atoms with E-state index in [-0.39, 0.29) is 0 Å². The highest BCUT2D eigenvalue weighted by atomic mass is 14.3. The van der Waals surface area contributed by atoms with E-state index in [1.807, 2.05) is 12.1 Å². The van der Waals surface area contributed by atoms with Crippen molar-refractivity contribution in [2.75, 3.05) is 0 Å². The first-order chi connectivity index (χ1) is 16.8. The van der Waals surface area contributed by atoms with Gasteiger partial charge >= 0.3 is 0 Å². The van der Waals surface area contributed by atoms with Gasteiger partial charge < -0.3 is 0 Å². The maximum atomic E-state index is 8.94. The molecule has 0 amide bonds. The smallest absolute Gasteiger partial charge is 0.0991 e. The molecule has 2 aliphatic carbocycles. The Balaban J connectivity index is 1.20. The Hall–Kier alpha value is -1.55. The van der Waals surface area contributed by atoms with Crippen LogP contribution < -0.4 is 0 Å². The van der Waals surface area contributed by atoms with Crippen LogP contribution >= 0.6 is 0 Å². The highest BCUT2D eigenvalue weighted by Crippen LogP contribution is 2.37. The zero-order valence-corrected chi connectivity index (χ0v) is 22.2. The minimum Gasteiger partial charge on any atom is -0.192 e. The van der Waals surface area contributed by atoms with Crippen LogP contribution in [0.3, 0.4) is 0 Å². The zero-order chi connectivity index (χ0) is 23.8. The molecule has 2 aliphatic rings. The number of aryl methyl sites for hydroxylation is 1. The number of rotatable bonds is 15. The first-order valence-corrected chi connectivity index (χ1v) is 14.9. The molecule has 0 bridgehead atoms. The summed E-state index contributed by atoms with van der Waals surface area (Å²) < 4.78 is 0. The molecule has 0 N–H and O–H groups in total. The van der Waals surface area contributed by atoms with Gasteiger partial charge in [-0.3, -0.25) is 0 Å². The normalized spacial score (nSPS) is 22.8. The molecule has 0 heterocycles. The number of unbranched alkanes of at least 4 members (excludes halogenated alkanes) is 7. The van der Waals surface area contributed by atoms with Gasteiger partial charge in [-0.1, -0.05) is 121 Å². The van der Waals surface area contributed by atoms with E-state index in [0.29, 0.717) is 0 Å². The lowest BCUT2D eigenvalue weighted by atomic mass is 9.76. The minimum absolute atomic E-state index is 0.764. The molecule has 0 aliphatic heterocycles. The number of allylic oxidation sites excluding steroid dienone is 2. The van der Waals surface area contributed by atoms with Crippen molar-refractivity contribution < 1.29 is 0 Å². The molecule has 1 aromatic carbocycles. The lowest BCUT2D eigenvalue weighted by Crippen LogP contribution is -2.16. The fourth-order valence-corrected chi connectivity index (χ4v) is 6.33. The van der Waals surface area contributed by atoms with Gasteiger partial charge in [-0.2, -0.15) is 5.26 Å². The van der Waals surface area contributed by atoms with Gasteiger partial charge in [0.15, 0.2) is 0 Å². The summed E-state index contributed by atoms with van der Waals surface area (Å²) in [6, 6.07) is 10.3. The molecule has 0 radical (unpaired) electrons. The van der Waals surface area contributed by atoms with Crippen LogP contribution in [0, 0.1) is 29.1 Å². The van der Waals surface area contributed by atoms with Gasteiger partial charge in [0.25, 0.3) is 0 Å². The Morgan fingerprint density at radius 1 is 0.706 bits per heavy atom. The molecule has 1 unspecified atom stereocenters. The van der Waals surface area contributed by atoms with Gasteiger partial charge in [0.05, 0.1) is 11.6 Å². The number of nitriles is 1. The van der Waals surface area contributed by atoms with Crippen LogP contribution in [0.25, 0.3) is 0 Å². The van der Waals surface area contributed by atoms with Crippen LogP contribution in [0.15, 0.2) is 35.9 Å². The second-order valence-electron chi connectivity index (χ2n) is 11.5. The molecule has 3 rings (SSSR count). The van der Waals surface area contributed by atoms with Crippen molar-refractivity contribution in [2.45, 2.75) is 135 Å². The summed E-state index contributed by atoms with van der Waals surface area (Å²) in [5, 5.41) is 8.94. The average molecular weight is 462 g/mol. The maximum absolute atomic E-state index is 8.94. The van der Waals surface area contributed by atoms with Crippen molar-refractivity contribution in [3.63, 3.8) is 0 Å². The van der Waals surface area contributed by atoms with Gasteiger partial charge in [-0.15, -0.1) is 0 Å². The zero-order valence-electron chi connectivity index (χ0n) is 22.2. The molecule has 0 aromatic heterocycles. The highest BCUT2D eigenvalue weighted by Gasteiger charge is 2.22. The topological polar surface area (TPSA) is 23.8 Å². The molecule has 0 spiro atoms. The fraction of sp³-hybridized carbons (Fsp3) is 0.727. The van der Waals surface area contributed by atoms with Crippen molar-refractivity contribution in [3.05, 3.63) is 47.0 Å². The summed E-state index contributed by atoms with van der Waals surface area (Å²) in [6.07, 6.45) is 31.1. The Morgan fingerprint density at radius 2 is 1.32 bits per heavy atom. The average Bonchev–Trinajstić information content (AvgIpc) is 2.89. The van der Waals surface area contributed by atoms with Crippen molar-refractivity contribution >= 4 is 0 Å². The van der Waals surface area contributed by atoms with E-state index in [9.17, 15) is 0 Å². The molecule has 34 heavy (non-hydrogen) atoms. The van der Waals surface area contributed by atoms with Crippen LogP contribution in [-0.4, -0.2) is 0 Å². The second-order valence-corrected chi connectivity index (χ2v) is 11.5. The van der Waals surface area contributed by atoms with Crippen molar-refractivity contribution in [1.82, 2.24) is 0 Å². The molecule has 1 heteroatoms. The first kappa shape index (κ1) is 27.0. The van der Waals surface area contributed by atoms with Gasteiger partial charge in [-0.05, 0) is 74.0 Å². The van der Waals surface area contributed by atoms with E-state index in [1.165, 1.54) is 128 Å². The largest absolute Gasteiger partial charge is 0.192 e. The Labute approximate surface area is 211 Å². The van der Waals surface area contributed by atoms with E-state index in [1.54, 1.807) is 5.57 Å². The summed E-state index contributed by atoms with van der Waals surface area (Å²) in [5.74, 6) is 3.01. The van der Waals surface area contributed by atoms with Crippen molar-refractivity contribution in [3.8, 4) is 6.07 Å². The molecular weight excluding hydrogens is 410 g/mol. The molecule has 1 nitrogen and oxygen atoms in total. The van der Waals surface area contributed by atoms with Crippen molar-refractivity contribution in [1.29, 1.82) is 5.26 Å². The lowest BCUT2D eigenvalue weighted by molar-refractivity contribution is 0.234. The summed E-state index contributed by atoms with van der Waals surface area (Å²) in [5.41, 5.74) is 3.79. The molecule has 0 saturated heterocycles. The number of nitrogens with zero attached hydrogens (tertiary/aromatic N) is 1. The Bertz CT molecular complexity index is 729. The van der Waals surface area contributed by atoms with E-state index in [0.717, 1.165) is 29.7 Å². The van der Waals surface area contributed by atoms with Crippen LogP contribution in [0.2, 0.25) is 0 Å². The first-order valence-electron chi connectivity index (χ1n) is 14.9. The van der Waals surface area contributed by atoms with E-state index in [4.69, 9.17) is 5.26 Å². The van der Waals surface area contributed by atoms with E-state index >= 15 is 0 Å². The number of hydrogen-bond donors (Lipinski definition) is 0. The third-order valence-electron chi connectivity index (χ3n) is 8.85. The quantitative estimate of drug-likeness (QED) is 0.188. The number of benzene rings is 1. The predicted molar refractivity (Wildman–Crippen MR) is 147 cm³/mol. The summed E-state index contributed by atoms with van der Waals surface area (Å²) in [4.78, 5) is 0. The summed E-state index contributed by atoms with van der Waals surface area (Å²) >= 11 is 0. The third-order valence-corrected chi connectivity index (χ3v) is 8.85. The van der Waals surface area contributed by atoms with Gasteiger partial charge in [0, 0.05) is 0 Å². The lowest BCUT2D eigenvalue weighted by Gasteiger charge is -2.30. The van der Waals surface area contributed by atoms with E-state index < -0.39 is 0 Å². The van der Waals surface area contributed by atoms with Crippen molar-refractivity contribution in [2.24, 2.45) is 17.8 Å². The van der Waals surface area contributed by atoms with E-state index in [2.05, 4.69) is 31.2 Å². The molecule has 1 fully saturated rings. The highest BCUT2D eigenvalue weighted by molar-refractivity contribution is 5.32. The molecule has 1 atom stereocenters. The van der Waals surface area contributed by atoms with Gasteiger partial charge in [0.2, 0.25) is 0 Å². The summed E-state index contributed by atoms with van der Waals surface area (Å²) in [7, 11) is 0. The number of hydrogen-bond acceptors (Lipinski definition) is 1. The standard InChI is InChI=1S/C33H51N/c1-2-3-4-5-6-7-8-9-10-28-11-13-29(14-12-28)15-16-30-17-19-31(20-18-30)21-22-32-23-25-33(27-34)26-24-32/h19,23-26,28-30H,2-18,20-22H2,1H3/t28-,29-,30?. The van der Waals surface area contributed by atoms with Gasteiger partial charge in [-0.25, -0.2) is 0 Å². The Morgan fingerprint density at radius 3 is 1.94 bits per heavy atom. The molecular formula is C33H51N. The van der Waals surface area contributed by atoms with Crippen LogP contribution in [0.1, 0.15) is 140 Å². The van der Waals surface area contributed by atoms with Crippen LogP contribution in [0.4, 0.5) is 0 Å². The predicted octanol–water partition coefficient (Wildman–Crippen LogP) is 10.3. The SMILES string of the molecule is CCCCCCCCCC[C@H]1CC[C@H](CCC2CC=C(CCc3ccc(C#N)cc3)CC2)CC1. The fourth-order valence-electron chi connectivity index (χ4n) is 6.33. The molecule has 1 aromatic rings. The minimum atomic E-state index is 0.764. The third kappa shape index (κ3) is 10.4. The maximum Gasteiger partial charge on any atom is 0.0991 e. The molecule has 188 valence electrons. The van der Waals surface area contributed by atoms with Crippen LogP contribution in [0.5, 0.6) is 0 Å². The monoisotopic (exact) mass is 461 g/mol. The molecule has 1 saturated carbocycles.